The summed E-state index contributed by atoms with van der Waals surface area (Å²) in [5.41, 5.74) is 1.12. The molecule has 0 aromatic heterocycles. The maximum atomic E-state index is 12.2. The van der Waals surface area contributed by atoms with E-state index < -0.39 is 12.1 Å². The molecule has 0 radical (unpaired) electrons. The topological polar surface area (TPSA) is 58.2 Å². The Morgan fingerprint density at radius 1 is 0.960 bits per heavy atom. The molecule has 0 spiro atoms. The van der Waals surface area contributed by atoms with Crippen molar-refractivity contribution in [3.05, 3.63) is 59.1 Å². The van der Waals surface area contributed by atoms with Gasteiger partial charge in [0, 0.05) is 22.8 Å². The zero-order valence-corrected chi connectivity index (χ0v) is 13.6. The Morgan fingerprint density at radius 3 is 2.24 bits per heavy atom. The highest BCUT2D eigenvalue weighted by Crippen LogP contribution is 2.20. The van der Waals surface area contributed by atoms with E-state index in [2.05, 4.69) is 5.32 Å². The predicted octanol–water partition coefficient (Wildman–Crippen LogP) is 4.41. The van der Waals surface area contributed by atoms with Gasteiger partial charge >= 0.3 is 12.1 Å². The van der Waals surface area contributed by atoms with Crippen LogP contribution in [0.5, 0.6) is 0 Å². The van der Waals surface area contributed by atoms with Crippen molar-refractivity contribution in [3.63, 3.8) is 0 Å². The quantitative estimate of drug-likeness (QED) is 0.819. The molecule has 0 fully saturated rings. The minimum absolute atomic E-state index is 0.0602. The van der Waals surface area contributed by atoms with Gasteiger partial charge in [-0.2, -0.15) is 13.2 Å². The molecule has 2 aromatic rings. The highest BCUT2D eigenvalue weighted by molar-refractivity contribution is 6.30. The molecule has 0 bridgehead atoms. The molecule has 8 heteroatoms. The largest absolute Gasteiger partial charge is 0.471 e. The Hall–Kier alpha value is -2.54. The lowest BCUT2D eigenvalue weighted by molar-refractivity contribution is -0.167. The van der Waals surface area contributed by atoms with Crippen molar-refractivity contribution in [2.45, 2.75) is 19.0 Å². The van der Waals surface area contributed by atoms with Crippen molar-refractivity contribution >= 4 is 34.8 Å². The Labute approximate surface area is 147 Å². The molecule has 0 aliphatic carbocycles. The second-order valence-electron chi connectivity index (χ2n) is 5.21. The summed E-state index contributed by atoms with van der Waals surface area (Å²) in [7, 11) is 0. The zero-order chi connectivity index (χ0) is 18.4. The summed E-state index contributed by atoms with van der Waals surface area (Å²) in [6.45, 7) is 0. The van der Waals surface area contributed by atoms with Crippen LogP contribution in [-0.4, -0.2) is 18.0 Å². The van der Waals surface area contributed by atoms with E-state index in [4.69, 9.17) is 11.6 Å². The molecule has 0 unspecified atom stereocenters. The molecule has 0 aliphatic rings. The van der Waals surface area contributed by atoms with Crippen LogP contribution < -0.4 is 10.6 Å². The SMILES string of the molecule is O=C(CCc1cccc(Cl)c1)Nc1cccc(NC(=O)C(F)(F)F)c1. The molecular weight excluding hydrogens is 357 g/mol. The van der Waals surface area contributed by atoms with Crippen LogP contribution in [-0.2, 0) is 16.0 Å². The van der Waals surface area contributed by atoms with Crippen LogP contribution in [0.4, 0.5) is 24.5 Å². The van der Waals surface area contributed by atoms with Gasteiger partial charge in [-0.25, -0.2) is 0 Å². The summed E-state index contributed by atoms with van der Waals surface area (Å²) in [5, 5.41) is 4.88. The highest BCUT2D eigenvalue weighted by Gasteiger charge is 2.38. The molecule has 0 aliphatic heterocycles. The number of carbonyl (C=O) groups excluding carboxylic acids is 2. The minimum Gasteiger partial charge on any atom is -0.326 e. The number of benzene rings is 2. The Bertz CT molecular complexity index is 778. The summed E-state index contributed by atoms with van der Waals surface area (Å²) in [6.07, 6.45) is -4.33. The van der Waals surface area contributed by atoms with Crippen molar-refractivity contribution < 1.29 is 22.8 Å². The maximum Gasteiger partial charge on any atom is 0.471 e. The highest BCUT2D eigenvalue weighted by atomic mass is 35.5. The maximum absolute atomic E-state index is 12.2. The predicted molar refractivity (Wildman–Crippen MR) is 89.5 cm³/mol. The van der Waals surface area contributed by atoms with Gasteiger partial charge in [0.2, 0.25) is 5.91 Å². The first kappa shape index (κ1) is 18.8. The van der Waals surface area contributed by atoms with E-state index in [9.17, 15) is 22.8 Å². The average molecular weight is 371 g/mol. The van der Waals surface area contributed by atoms with Gasteiger partial charge in [0.15, 0.2) is 0 Å². The van der Waals surface area contributed by atoms with Crippen molar-refractivity contribution in [3.8, 4) is 0 Å². The molecule has 0 heterocycles. The molecule has 2 rings (SSSR count). The number of aryl methyl sites for hydroxylation is 1. The molecule has 0 saturated heterocycles. The standard InChI is InChI=1S/C17H14ClF3N2O2/c18-12-4-1-3-11(9-12)7-8-15(24)22-13-5-2-6-14(10-13)23-16(25)17(19,20)21/h1-6,9-10H,7-8H2,(H,22,24)(H,23,25). The Balaban J connectivity index is 1.92. The number of carbonyl (C=O) groups is 2. The lowest BCUT2D eigenvalue weighted by Gasteiger charge is -2.10. The van der Waals surface area contributed by atoms with Crippen molar-refractivity contribution in [1.29, 1.82) is 0 Å². The number of rotatable bonds is 5. The minimum atomic E-state index is -4.98. The Morgan fingerprint density at radius 2 is 1.60 bits per heavy atom. The summed E-state index contributed by atoms with van der Waals surface area (Å²) >= 11 is 5.87. The van der Waals surface area contributed by atoms with Gasteiger partial charge in [-0.05, 0) is 42.3 Å². The van der Waals surface area contributed by atoms with Gasteiger partial charge in [0.05, 0.1) is 0 Å². The molecule has 132 valence electrons. The first-order chi connectivity index (χ1) is 11.7. The van der Waals surface area contributed by atoms with Gasteiger partial charge in [-0.1, -0.05) is 29.8 Å². The molecule has 4 nitrogen and oxygen atoms in total. The van der Waals surface area contributed by atoms with E-state index in [1.54, 1.807) is 23.5 Å². The summed E-state index contributed by atoms with van der Waals surface area (Å²) in [5.74, 6) is -2.38. The zero-order valence-electron chi connectivity index (χ0n) is 12.9. The summed E-state index contributed by atoms with van der Waals surface area (Å²) in [4.78, 5) is 22.9. The molecule has 0 saturated carbocycles. The number of hydrogen-bond donors (Lipinski definition) is 2. The average Bonchev–Trinajstić information content (AvgIpc) is 2.52. The van der Waals surface area contributed by atoms with E-state index in [0.29, 0.717) is 11.4 Å². The third-order valence-corrected chi connectivity index (χ3v) is 3.43. The summed E-state index contributed by atoms with van der Waals surface area (Å²) in [6, 6.07) is 12.6. The molecule has 2 amide bonds. The molecule has 2 aromatic carbocycles. The van der Waals surface area contributed by atoms with Crippen LogP contribution in [0.2, 0.25) is 5.02 Å². The first-order valence-corrected chi connectivity index (χ1v) is 7.64. The lowest BCUT2D eigenvalue weighted by Crippen LogP contribution is -2.29. The lowest BCUT2D eigenvalue weighted by atomic mass is 10.1. The first-order valence-electron chi connectivity index (χ1n) is 7.26. The second-order valence-corrected chi connectivity index (χ2v) is 5.65. The Kier molecular flexibility index (Phi) is 6.03. The van der Waals surface area contributed by atoms with Crippen LogP contribution in [0.15, 0.2) is 48.5 Å². The number of anilines is 2. The van der Waals surface area contributed by atoms with Gasteiger partial charge in [-0.3, -0.25) is 9.59 Å². The molecule has 0 atom stereocenters. The van der Waals surface area contributed by atoms with E-state index in [-0.39, 0.29) is 23.7 Å². The second kappa shape index (κ2) is 8.02. The third-order valence-electron chi connectivity index (χ3n) is 3.19. The normalized spacial score (nSPS) is 11.0. The summed E-state index contributed by atoms with van der Waals surface area (Å²) < 4.78 is 36.7. The van der Waals surface area contributed by atoms with E-state index in [1.165, 1.54) is 24.3 Å². The fourth-order valence-electron chi connectivity index (χ4n) is 2.05. The third kappa shape index (κ3) is 6.11. The van der Waals surface area contributed by atoms with Crippen LogP contribution >= 0.6 is 11.6 Å². The number of amides is 2. The number of alkyl halides is 3. The van der Waals surface area contributed by atoms with Crippen molar-refractivity contribution in [1.82, 2.24) is 0 Å². The number of hydrogen-bond acceptors (Lipinski definition) is 2. The van der Waals surface area contributed by atoms with Crippen LogP contribution in [0, 0.1) is 0 Å². The fraction of sp³-hybridized carbons (Fsp3) is 0.176. The fourth-order valence-corrected chi connectivity index (χ4v) is 2.26. The molecular formula is C17H14ClF3N2O2. The number of nitrogens with one attached hydrogen (secondary N) is 2. The van der Waals surface area contributed by atoms with E-state index in [1.807, 2.05) is 6.07 Å². The van der Waals surface area contributed by atoms with Gasteiger partial charge < -0.3 is 10.6 Å². The van der Waals surface area contributed by atoms with Crippen LogP contribution in [0.25, 0.3) is 0 Å². The molecule has 25 heavy (non-hydrogen) atoms. The van der Waals surface area contributed by atoms with Crippen LogP contribution in [0.3, 0.4) is 0 Å². The van der Waals surface area contributed by atoms with Crippen molar-refractivity contribution in [2.24, 2.45) is 0 Å². The number of halogens is 4. The van der Waals surface area contributed by atoms with Gasteiger partial charge in [-0.15, -0.1) is 0 Å². The van der Waals surface area contributed by atoms with Crippen LogP contribution in [0.1, 0.15) is 12.0 Å². The van der Waals surface area contributed by atoms with Gasteiger partial charge in [0.1, 0.15) is 0 Å². The van der Waals surface area contributed by atoms with E-state index in [0.717, 1.165) is 5.56 Å². The van der Waals surface area contributed by atoms with Crippen molar-refractivity contribution in [2.75, 3.05) is 10.6 Å². The smallest absolute Gasteiger partial charge is 0.326 e. The van der Waals surface area contributed by atoms with E-state index >= 15 is 0 Å². The van der Waals surface area contributed by atoms with Gasteiger partial charge in [0.25, 0.3) is 0 Å². The molecule has 2 N–H and O–H groups in total. The monoisotopic (exact) mass is 370 g/mol.